The van der Waals surface area contributed by atoms with Gasteiger partial charge in [0.1, 0.15) is 11.8 Å². The lowest BCUT2D eigenvalue weighted by Gasteiger charge is -2.12. The van der Waals surface area contributed by atoms with E-state index < -0.39 is 59.4 Å². The number of sulfone groups is 1. The molecule has 0 aliphatic carbocycles. The maximum absolute atomic E-state index is 14.4. The fraction of sp³-hybridized carbons (Fsp3) is 0.167. The summed E-state index contributed by atoms with van der Waals surface area (Å²) in [6.45, 7) is 0. The van der Waals surface area contributed by atoms with Crippen molar-refractivity contribution in [3.63, 3.8) is 0 Å². The number of halogens is 9. The Labute approximate surface area is 155 Å². The van der Waals surface area contributed by atoms with Gasteiger partial charge in [-0.3, -0.25) is 0 Å². The number of benzene rings is 1. The van der Waals surface area contributed by atoms with E-state index >= 15 is 0 Å². The van der Waals surface area contributed by atoms with Crippen molar-refractivity contribution in [2.24, 2.45) is 0 Å². The lowest BCUT2D eigenvalue weighted by Crippen LogP contribution is -2.24. The van der Waals surface area contributed by atoms with Crippen LogP contribution in [0.3, 0.4) is 0 Å². The van der Waals surface area contributed by atoms with E-state index in [0.29, 0.717) is 0 Å². The van der Waals surface area contributed by atoms with Crippen LogP contribution in [-0.2, 0) is 16.0 Å². The van der Waals surface area contributed by atoms with Gasteiger partial charge in [-0.1, -0.05) is 23.2 Å². The molecule has 15 heteroatoms. The van der Waals surface area contributed by atoms with Crippen LogP contribution in [0.15, 0.2) is 17.0 Å². The molecule has 0 N–H and O–H groups in total. The maximum atomic E-state index is 14.4. The summed E-state index contributed by atoms with van der Waals surface area (Å²) >= 11 is 11.2. The minimum atomic E-state index is -6.34. The molecular weight excluding hydrogens is 454 g/mol. The molecule has 146 valence electrons. The van der Waals surface area contributed by atoms with Crippen molar-refractivity contribution >= 4 is 33.0 Å². The Bertz CT molecular complexity index is 1050. The van der Waals surface area contributed by atoms with Gasteiger partial charge in [-0.2, -0.15) is 41.1 Å². The molecule has 0 spiro atoms. The van der Waals surface area contributed by atoms with Crippen LogP contribution in [0.2, 0.25) is 10.0 Å². The van der Waals surface area contributed by atoms with Gasteiger partial charge in [0.05, 0.1) is 15.6 Å². The van der Waals surface area contributed by atoms with Crippen LogP contribution in [0.5, 0.6) is 0 Å². The van der Waals surface area contributed by atoms with Gasteiger partial charge in [-0.15, -0.1) is 0 Å². The summed E-state index contributed by atoms with van der Waals surface area (Å²) in [6.07, 6.45) is -4.91. The number of hydrogen-bond acceptors (Lipinski definition) is 4. The Hall–Kier alpha value is -2.04. The first-order valence-corrected chi connectivity index (χ1v) is 8.43. The van der Waals surface area contributed by atoms with Crippen molar-refractivity contribution in [2.45, 2.75) is 16.6 Å². The van der Waals surface area contributed by atoms with Gasteiger partial charge in [0.25, 0.3) is 9.84 Å². The van der Waals surface area contributed by atoms with Gasteiger partial charge in [0.15, 0.2) is 10.6 Å². The maximum Gasteiger partial charge on any atom is 0.502 e. The molecule has 0 saturated heterocycles. The Kier molecular flexibility index (Phi) is 5.15. The molecule has 0 atom stereocenters. The Morgan fingerprint density at radius 1 is 1.07 bits per heavy atom. The summed E-state index contributed by atoms with van der Waals surface area (Å²) in [4.78, 5) is -2.11. The van der Waals surface area contributed by atoms with Crippen LogP contribution in [0.25, 0.3) is 5.69 Å². The molecule has 2 aromatic rings. The summed E-state index contributed by atoms with van der Waals surface area (Å²) < 4.78 is 113. The van der Waals surface area contributed by atoms with E-state index in [1.807, 2.05) is 0 Å². The lowest BCUT2D eigenvalue weighted by atomic mass is 10.2. The number of nitrogens with zero attached hydrogens (tertiary/aromatic N) is 3. The molecule has 0 fully saturated rings. The van der Waals surface area contributed by atoms with E-state index in [9.17, 15) is 39.2 Å². The molecule has 1 heterocycles. The monoisotopic (exact) mass is 455 g/mol. The predicted molar refractivity (Wildman–Crippen MR) is 76.5 cm³/mol. The highest BCUT2D eigenvalue weighted by molar-refractivity contribution is 7.92. The zero-order valence-electron chi connectivity index (χ0n) is 12.1. The third-order valence-electron chi connectivity index (χ3n) is 3.02. The second-order valence-electron chi connectivity index (χ2n) is 4.73. The molecule has 0 unspecified atom stereocenters. The van der Waals surface area contributed by atoms with Gasteiger partial charge in [-0.25, -0.2) is 13.1 Å². The summed E-state index contributed by atoms with van der Waals surface area (Å²) in [5.41, 5.74) is -9.71. The summed E-state index contributed by atoms with van der Waals surface area (Å²) in [5, 5.41) is 10.0. The number of nitriles is 1. The zero-order valence-corrected chi connectivity index (χ0v) is 14.5. The second-order valence-corrected chi connectivity index (χ2v) is 7.42. The smallest absolute Gasteiger partial charge is 0.214 e. The third-order valence-corrected chi connectivity index (χ3v) is 5.11. The van der Waals surface area contributed by atoms with Crippen molar-refractivity contribution in [3.8, 4) is 11.8 Å². The second kappa shape index (κ2) is 6.54. The van der Waals surface area contributed by atoms with Gasteiger partial charge in [0, 0.05) is 0 Å². The minimum absolute atomic E-state index is 0.192. The SMILES string of the molecule is N#Cc1nn(-c2c(Cl)cc(C(F)(F)F)cc2Cl)c(F)c1S(=O)(=O)C(F)(F)F. The Balaban J connectivity index is 2.83. The molecule has 27 heavy (non-hydrogen) atoms. The van der Waals surface area contributed by atoms with Gasteiger partial charge >= 0.3 is 11.7 Å². The topological polar surface area (TPSA) is 75.8 Å². The fourth-order valence-corrected chi connectivity index (χ4v) is 3.42. The Morgan fingerprint density at radius 3 is 1.93 bits per heavy atom. The molecule has 1 aromatic heterocycles. The first kappa shape index (κ1) is 21.3. The summed E-state index contributed by atoms with van der Waals surface area (Å²) in [7, 11) is -6.34. The van der Waals surface area contributed by atoms with Crippen molar-refractivity contribution < 1.29 is 39.2 Å². The average Bonchev–Trinajstić information content (AvgIpc) is 2.81. The highest BCUT2D eigenvalue weighted by Crippen LogP contribution is 2.39. The largest absolute Gasteiger partial charge is 0.502 e. The number of alkyl halides is 6. The van der Waals surface area contributed by atoms with Crippen LogP contribution in [0.1, 0.15) is 11.3 Å². The third kappa shape index (κ3) is 3.56. The minimum Gasteiger partial charge on any atom is -0.214 e. The van der Waals surface area contributed by atoms with E-state index in [2.05, 4.69) is 5.10 Å². The van der Waals surface area contributed by atoms with Gasteiger partial charge in [0.2, 0.25) is 5.95 Å². The van der Waals surface area contributed by atoms with Crippen LogP contribution in [-0.4, -0.2) is 23.7 Å². The van der Waals surface area contributed by atoms with Crippen molar-refractivity contribution in [1.82, 2.24) is 9.78 Å². The van der Waals surface area contributed by atoms with E-state index in [1.165, 1.54) is 0 Å². The van der Waals surface area contributed by atoms with Crippen LogP contribution in [0, 0.1) is 17.3 Å². The average molecular weight is 456 g/mol. The number of aromatic nitrogens is 2. The first-order valence-electron chi connectivity index (χ1n) is 6.19. The highest BCUT2D eigenvalue weighted by atomic mass is 35.5. The van der Waals surface area contributed by atoms with Crippen molar-refractivity contribution in [1.29, 1.82) is 5.26 Å². The lowest BCUT2D eigenvalue weighted by molar-refractivity contribution is -0.137. The Morgan fingerprint density at radius 2 is 1.56 bits per heavy atom. The molecule has 0 aliphatic rings. The molecule has 0 amide bonds. The van der Waals surface area contributed by atoms with E-state index in [4.69, 9.17) is 28.5 Å². The normalized spacial score (nSPS) is 12.9. The molecule has 2 rings (SSSR count). The number of rotatable bonds is 2. The van der Waals surface area contributed by atoms with Crippen LogP contribution in [0.4, 0.5) is 30.7 Å². The fourth-order valence-electron chi connectivity index (χ4n) is 1.89. The van der Waals surface area contributed by atoms with Crippen molar-refractivity contribution in [3.05, 3.63) is 39.4 Å². The molecule has 5 nitrogen and oxygen atoms in total. The molecular formula is C12H2Cl2F7N3O2S. The highest BCUT2D eigenvalue weighted by Gasteiger charge is 2.51. The first-order chi connectivity index (χ1) is 12.1. The summed E-state index contributed by atoms with van der Waals surface area (Å²) in [6, 6.07) is 1.51. The van der Waals surface area contributed by atoms with Crippen LogP contribution < -0.4 is 0 Å². The van der Waals surface area contributed by atoms with Crippen molar-refractivity contribution in [2.75, 3.05) is 0 Å². The van der Waals surface area contributed by atoms with E-state index in [1.54, 1.807) is 0 Å². The predicted octanol–water partition coefficient (Wildman–Crippen LogP) is 4.50. The van der Waals surface area contributed by atoms with E-state index in [0.717, 1.165) is 6.07 Å². The number of hydrogen-bond donors (Lipinski definition) is 0. The van der Waals surface area contributed by atoms with E-state index in [-0.39, 0.29) is 16.8 Å². The molecule has 1 aromatic carbocycles. The molecule has 0 radical (unpaired) electrons. The standard InChI is InChI=1S/C12H2Cl2F7N3O2S/c13-5-1-4(11(16,17)18)2-6(14)8(5)24-10(15)9(7(3-22)23-24)27(25,26)12(19,20)21/h1-2H. The van der Waals surface area contributed by atoms with Gasteiger partial charge in [-0.05, 0) is 12.1 Å². The zero-order chi connectivity index (χ0) is 20.9. The molecule has 0 saturated carbocycles. The summed E-state index contributed by atoms with van der Waals surface area (Å²) in [5.74, 6) is -2.20. The molecule has 0 bridgehead atoms. The van der Waals surface area contributed by atoms with Crippen LogP contribution >= 0.6 is 23.2 Å². The quantitative estimate of drug-likeness (QED) is 0.624. The van der Waals surface area contributed by atoms with Gasteiger partial charge < -0.3 is 0 Å². The molecule has 0 aliphatic heterocycles.